The van der Waals surface area contributed by atoms with Crippen molar-refractivity contribution in [3.05, 3.63) is 36.5 Å². The minimum Gasteiger partial charge on any atom is -0.477 e. The van der Waals surface area contributed by atoms with Gasteiger partial charge in [-0.05, 0) is 44.9 Å². The van der Waals surface area contributed by atoms with Crippen molar-refractivity contribution in [3.8, 4) is 0 Å². The Morgan fingerprint density at radius 1 is 0.525 bits per heavy atom. The lowest BCUT2D eigenvalue weighted by atomic mass is 10.0. The molecule has 344 valence electrons. The molecule has 0 aliphatic heterocycles. The number of allylic oxidation sites excluding steroid dienone is 6. The lowest BCUT2D eigenvalue weighted by Gasteiger charge is -2.31. The Balaban J connectivity index is 4.16. The number of quaternary nitrogens is 1. The van der Waals surface area contributed by atoms with Crippen LogP contribution in [0, 0.1) is 0 Å². The molecule has 0 aromatic heterocycles. The van der Waals surface area contributed by atoms with E-state index in [4.69, 9.17) is 14.2 Å². The number of esters is 2. The zero-order chi connectivity index (χ0) is 43.5. The van der Waals surface area contributed by atoms with E-state index in [9.17, 15) is 19.5 Å². The van der Waals surface area contributed by atoms with Crippen LogP contribution >= 0.6 is 0 Å². The van der Waals surface area contributed by atoms with Crippen molar-refractivity contribution in [1.29, 1.82) is 0 Å². The number of aliphatic carboxylic acids is 1. The van der Waals surface area contributed by atoms with Gasteiger partial charge in [0.1, 0.15) is 6.61 Å². The smallest absolute Gasteiger partial charge is 0.362 e. The maximum Gasteiger partial charge on any atom is 0.362 e. The van der Waals surface area contributed by atoms with Crippen LogP contribution in [0.4, 0.5) is 0 Å². The first-order valence-electron chi connectivity index (χ1n) is 24.5. The second kappa shape index (κ2) is 42.2. The fraction of sp³-hybridized carbons (Fsp3) is 0.824. The number of carbonyl (C=O) groups excluding carboxylic acids is 2. The van der Waals surface area contributed by atoms with Crippen molar-refractivity contribution in [2.24, 2.45) is 0 Å². The molecule has 0 aliphatic carbocycles. The van der Waals surface area contributed by atoms with Gasteiger partial charge in [0.25, 0.3) is 0 Å². The number of likely N-dealkylation sites (N-methyl/N-ethyl adjacent to an activating group) is 1. The van der Waals surface area contributed by atoms with Gasteiger partial charge >= 0.3 is 17.9 Å². The van der Waals surface area contributed by atoms with Crippen molar-refractivity contribution in [3.63, 3.8) is 0 Å². The maximum atomic E-state index is 12.7. The monoisotopic (exact) mass is 833 g/mol. The molecule has 0 fully saturated rings. The summed E-state index contributed by atoms with van der Waals surface area (Å²) >= 11 is 0. The highest BCUT2D eigenvalue weighted by molar-refractivity contribution is 5.72. The first-order valence-corrected chi connectivity index (χ1v) is 24.5. The number of hydrogen-bond acceptors (Lipinski definition) is 6. The fourth-order valence-corrected chi connectivity index (χ4v) is 7.28. The van der Waals surface area contributed by atoms with E-state index in [1.54, 1.807) is 0 Å². The topological polar surface area (TPSA) is 99.1 Å². The van der Waals surface area contributed by atoms with Gasteiger partial charge in [-0.25, -0.2) is 4.79 Å². The van der Waals surface area contributed by atoms with Crippen LogP contribution in [0.5, 0.6) is 0 Å². The van der Waals surface area contributed by atoms with E-state index < -0.39 is 18.1 Å². The Kier molecular flexibility index (Phi) is 40.5. The van der Waals surface area contributed by atoms with Gasteiger partial charge in [-0.2, -0.15) is 0 Å². The van der Waals surface area contributed by atoms with Crippen LogP contribution in [0.1, 0.15) is 219 Å². The first kappa shape index (κ1) is 56.5. The Morgan fingerprint density at radius 2 is 0.949 bits per heavy atom. The fourth-order valence-electron chi connectivity index (χ4n) is 7.28. The number of hydrogen-bond donors (Lipinski definition) is 1. The third kappa shape index (κ3) is 40.7. The zero-order valence-corrected chi connectivity index (χ0v) is 39.2. The molecule has 0 aromatic carbocycles. The lowest BCUT2D eigenvalue weighted by Crippen LogP contribution is -2.50. The van der Waals surface area contributed by atoms with Crippen molar-refractivity contribution in [1.82, 2.24) is 0 Å². The number of rotatable bonds is 44. The van der Waals surface area contributed by atoms with Crippen molar-refractivity contribution in [2.75, 3.05) is 41.0 Å². The Hall–Kier alpha value is -2.45. The summed E-state index contributed by atoms with van der Waals surface area (Å²) in [4.78, 5) is 37.0. The number of carboxylic acids is 1. The van der Waals surface area contributed by atoms with E-state index in [-0.39, 0.29) is 42.7 Å². The van der Waals surface area contributed by atoms with Crippen LogP contribution in [0.2, 0.25) is 0 Å². The molecule has 0 saturated carbocycles. The van der Waals surface area contributed by atoms with E-state index in [1.807, 2.05) is 21.1 Å². The number of carboxylic acid groups (broad SMARTS) is 1. The van der Waals surface area contributed by atoms with E-state index in [0.29, 0.717) is 19.3 Å². The van der Waals surface area contributed by atoms with Gasteiger partial charge in [-0.15, -0.1) is 0 Å². The molecular weight excluding hydrogens is 739 g/mol. The Morgan fingerprint density at radius 3 is 1.41 bits per heavy atom. The number of ether oxygens (including phenoxy) is 3. The summed E-state index contributed by atoms with van der Waals surface area (Å²) < 4.78 is 17.3. The van der Waals surface area contributed by atoms with Crippen LogP contribution < -0.4 is 0 Å². The molecule has 0 spiro atoms. The summed E-state index contributed by atoms with van der Waals surface area (Å²) in [6.45, 7) is 4.60. The van der Waals surface area contributed by atoms with Crippen LogP contribution in [-0.2, 0) is 28.6 Å². The van der Waals surface area contributed by atoms with Crippen LogP contribution in [-0.4, -0.2) is 80.6 Å². The summed E-state index contributed by atoms with van der Waals surface area (Å²) in [6.07, 6.45) is 49.3. The predicted octanol–water partition coefficient (Wildman–Crippen LogP) is 13.8. The maximum absolute atomic E-state index is 12.7. The molecule has 0 amide bonds. The van der Waals surface area contributed by atoms with E-state index in [2.05, 4.69) is 50.3 Å². The highest BCUT2D eigenvalue weighted by Crippen LogP contribution is 2.16. The molecule has 2 atom stereocenters. The summed E-state index contributed by atoms with van der Waals surface area (Å²) in [5, 5.41) is 9.62. The van der Waals surface area contributed by atoms with E-state index in [1.165, 1.54) is 128 Å². The number of unbranched alkanes of at least 4 members (excludes halogenated alkanes) is 24. The average Bonchev–Trinajstić information content (AvgIpc) is 3.19. The van der Waals surface area contributed by atoms with E-state index >= 15 is 0 Å². The second-order valence-corrected chi connectivity index (χ2v) is 17.7. The van der Waals surface area contributed by atoms with Gasteiger partial charge in [-0.1, -0.05) is 192 Å². The quantitative estimate of drug-likeness (QED) is 0.0282. The molecule has 0 bridgehead atoms. The molecule has 8 nitrogen and oxygen atoms in total. The Labute approximate surface area is 364 Å². The summed E-state index contributed by atoms with van der Waals surface area (Å²) in [6, 6.07) is -0.620. The molecule has 0 rings (SSSR count). The van der Waals surface area contributed by atoms with Crippen LogP contribution in [0.15, 0.2) is 36.5 Å². The highest BCUT2D eigenvalue weighted by atomic mass is 16.6. The minimum absolute atomic E-state index is 0.0480. The van der Waals surface area contributed by atoms with Gasteiger partial charge in [0.05, 0.1) is 34.4 Å². The van der Waals surface area contributed by atoms with Crippen LogP contribution in [0.3, 0.4) is 0 Å². The van der Waals surface area contributed by atoms with Gasteiger partial charge in [-0.3, -0.25) is 9.59 Å². The molecule has 8 heteroatoms. The molecule has 59 heavy (non-hydrogen) atoms. The summed E-state index contributed by atoms with van der Waals surface area (Å²) in [7, 11) is 5.52. The lowest BCUT2D eigenvalue weighted by molar-refractivity contribution is -0.887. The largest absolute Gasteiger partial charge is 0.477 e. The van der Waals surface area contributed by atoms with Gasteiger partial charge < -0.3 is 23.8 Å². The third-order valence-corrected chi connectivity index (χ3v) is 11.1. The normalized spacial score (nSPS) is 13.2. The SMILES string of the molecule is CC/C=C/C/C=C/C/C=C/CCCCC(=O)OC(COCCC(C(=O)O)[N+](C)(C)C)COC(=O)CCCCCCCCCCCCCCCCCCCCCCCCC. The molecule has 0 radical (unpaired) electrons. The molecule has 0 heterocycles. The summed E-state index contributed by atoms with van der Waals surface area (Å²) in [5.41, 5.74) is 0. The third-order valence-electron chi connectivity index (χ3n) is 11.1. The zero-order valence-electron chi connectivity index (χ0n) is 39.2. The second-order valence-electron chi connectivity index (χ2n) is 17.7. The molecule has 1 N–H and O–H groups in total. The predicted molar refractivity (Wildman–Crippen MR) is 248 cm³/mol. The molecule has 0 aliphatic rings. The van der Waals surface area contributed by atoms with E-state index in [0.717, 1.165) is 51.4 Å². The first-order chi connectivity index (χ1) is 28.6. The van der Waals surface area contributed by atoms with Crippen molar-refractivity contribution in [2.45, 2.75) is 231 Å². The Bertz CT molecular complexity index is 1060. The molecular formula is C51H94NO7+. The summed E-state index contributed by atoms with van der Waals surface area (Å²) in [5.74, 6) is -1.51. The standard InChI is InChI=1S/C51H93NO7/c1-6-8-10-12-14-16-18-20-21-22-23-24-25-26-27-28-29-30-32-33-35-37-39-41-49(53)58-46-47(45-57-44-43-48(51(55)56)52(3,4)5)59-50(54)42-40-38-36-34-31-19-17-15-13-11-9-7-2/h9,11,15,17,31,34,47-48H,6-8,10,12-14,16,18-30,32-33,35-46H2,1-5H3/p+1/b11-9+,17-15+,34-31+. The average molecular weight is 833 g/mol. The molecule has 0 aromatic rings. The molecule has 0 saturated heterocycles. The van der Waals surface area contributed by atoms with Crippen molar-refractivity contribution < 1.29 is 38.2 Å². The van der Waals surface area contributed by atoms with Crippen molar-refractivity contribution >= 4 is 17.9 Å². The van der Waals surface area contributed by atoms with Crippen LogP contribution in [0.25, 0.3) is 0 Å². The molecule has 2 unspecified atom stereocenters. The van der Waals surface area contributed by atoms with Gasteiger partial charge in [0.2, 0.25) is 0 Å². The minimum atomic E-state index is -0.880. The van der Waals surface area contributed by atoms with Gasteiger partial charge in [0, 0.05) is 19.3 Å². The number of nitrogens with zero attached hydrogens (tertiary/aromatic N) is 1. The highest BCUT2D eigenvalue weighted by Gasteiger charge is 2.31. The van der Waals surface area contributed by atoms with Gasteiger partial charge in [0.15, 0.2) is 12.1 Å². The number of carbonyl (C=O) groups is 3.